The number of aryl methyl sites for hydroxylation is 1. The zero-order valence-electron chi connectivity index (χ0n) is 15.2. The Kier molecular flexibility index (Phi) is 5.27. The molecular formula is C21H26N2O2S. The predicted octanol–water partition coefficient (Wildman–Crippen LogP) is 4.77. The van der Waals surface area contributed by atoms with Crippen LogP contribution in [-0.2, 0) is 6.42 Å². The number of fused-ring (bicyclic) bond motifs is 1. The van der Waals surface area contributed by atoms with Gasteiger partial charge < -0.3 is 9.32 Å². The normalized spacial score (nSPS) is 20.8. The second kappa shape index (κ2) is 7.80. The Morgan fingerprint density at radius 1 is 1.23 bits per heavy atom. The molecule has 1 aliphatic rings. The third kappa shape index (κ3) is 3.94. The van der Waals surface area contributed by atoms with Crippen molar-refractivity contribution in [1.29, 1.82) is 0 Å². The van der Waals surface area contributed by atoms with Gasteiger partial charge in [-0.1, -0.05) is 6.07 Å². The fraction of sp³-hybridized carbons (Fsp3) is 0.476. The van der Waals surface area contributed by atoms with E-state index < -0.39 is 0 Å². The van der Waals surface area contributed by atoms with E-state index in [-0.39, 0.29) is 5.76 Å². The van der Waals surface area contributed by atoms with Crippen molar-refractivity contribution < 1.29 is 4.42 Å². The number of nitrogens with one attached hydrogen (secondary N) is 1. The van der Waals surface area contributed by atoms with E-state index in [0.29, 0.717) is 17.5 Å². The average molecular weight is 371 g/mol. The molecule has 1 aromatic carbocycles. The molecule has 0 unspecified atom stereocenters. The lowest BCUT2D eigenvalue weighted by atomic mass is 9.81. The van der Waals surface area contributed by atoms with Crippen LogP contribution in [0.4, 0.5) is 0 Å². The molecular weight excluding hydrogens is 344 g/mol. The van der Waals surface area contributed by atoms with E-state index in [9.17, 15) is 4.79 Å². The lowest BCUT2D eigenvalue weighted by Gasteiger charge is -2.35. The van der Waals surface area contributed by atoms with Crippen molar-refractivity contribution >= 4 is 22.4 Å². The second-order valence-electron chi connectivity index (χ2n) is 7.49. The monoisotopic (exact) mass is 370 g/mol. The molecule has 26 heavy (non-hydrogen) atoms. The third-order valence-corrected chi connectivity index (χ3v) is 6.52. The molecule has 0 spiro atoms. The third-order valence-electron chi connectivity index (χ3n) is 5.79. The second-order valence-corrected chi connectivity index (χ2v) is 8.27. The summed E-state index contributed by atoms with van der Waals surface area (Å²) in [6, 6.07) is 9.09. The molecule has 0 aliphatic heterocycles. The molecule has 0 saturated heterocycles. The molecule has 2 aromatic heterocycles. The SMILES string of the molecule is CN(CCCc1ccsc1)C1CCC(c2ccc3[nH]c(=O)oc3c2)CC1. The quantitative estimate of drug-likeness (QED) is 0.680. The van der Waals surface area contributed by atoms with E-state index >= 15 is 0 Å². The van der Waals surface area contributed by atoms with E-state index in [0.717, 1.165) is 5.52 Å². The van der Waals surface area contributed by atoms with Gasteiger partial charge in [0.25, 0.3) is 0 Å². The van der Waals surface area contributed by atoms with Crippen molar-refractivity contribution in [3.8, 4) is 0 Å². The van der Waals surface area contributed by atoms with Gasteiger partial charge in [-0.25, -0.2) is 4.79 Å². The van der Waals surface area contributed by atoms with E-state index in [1.807, 2.05) is 12.1 Å². The lowest BCUT2D eigenvalue weighted by Crippen LogP contribution is -2.35. The van der Waals surface area contributed by atoms with Gasteiger partial charge in [-0.3, -0.25) is 4.98 Å². The standard InChI is InChI=1S/C21H26N2O2S/c1-23(11-2-3-15-10-12-26-14-15)18-7-4-16(5-8-18)17-6-9-19-20(13-17)25-21(24)22-19/h6,9-10,12-14,16,18H,2-5,7-8,11H2,1H3,(H,22,24). The fourth-order valence-corrected chi connectivity index (χ4v) is 4.92. The van der Waals surface area contributed by atoms with Gasteiger partial charge >= 0.3 is 5.76 Å². The molecule has 0 amide bonds. The van der Waals surface area contributed by atoms with Gasteiger partial charge in [0.1, 0.15) is 0 Å². The molecule has 1 saturated carbocycles. The first-order valence-corrected chi connectivity index (χ1v) is 10.5. The zero-order valence-corrected chi connectivity index (χ0v) is 16.1. The highest BCUT2D eigenvalue weighted by atomic mass is 32.1. The van der Waals surface area contributed by atoms with E-state index in [2.05, 4.69) is 39.8 Å². The Morgan fingerprint density at radius 2 is 2.08 bits per heavy atom. The molecule has 1 aliphatic carbocycles. The Morgan fingerprint density at radius 3 is 2.85 bits per heavy atom. The smallest absolute Gasteiger partial charge is 0.408 e. The maximum Gasteiger partial charge on any atom is 0.417 e. The van der Waals surface area contributed by atoms with Gasteiger partial charge in [0.05, 0.1) is 5.52 Å². The Labute approximate surface area is 157 Å². The molecule has 0 radical (unpaired) electrons. The van der Waals surface area contributed by atoms with Crippen molar-refractivity contribution in [2.75, 3.05) is 13.6 Å². The zero-order chi connectivity index (χ0) is 17.9. The molecule has 0 atom stereocenters. The van der Waals surface area contributed by atoms with Crippen LogP contribution in [0.3, 0.4) is 0 Å². The summed E-state index contributed by atoms with van der Waals surface area (Å²) in [6.07, 6.45) is 7.32. The summed E-state index contributed by atoms with van der Waals surface area (Å²) in [4.78, 5) is 16.6. The molecule has 1 fully saturated rings. The van der Waals surface area contributed by atoms with Gasteiger partial charge in [0.2, 0.25) is 0 Å². The number of aromatic nitrogens is 1. The first-order valence-electron chi connectivity index (χ1n) is 9.53. The number of thiophene rings is 1. The highest BCUT2D eigenvalue weighted by Gasteiger charge is 2.25. The summed E-state index contributed by atoms with van der Waals surface area (Å²) in [5.41, 5.74) is 4.25. The van der Waals surface area contributed by atoms with Crippen LogP contribution < -0.4 is 5.76 Å². The number of aromatic amines is 1. The summed E-state index contributed by atoms with van der Waals surface area (Å²) >= 11 is 1.79. The summed E-state index contributed by atoms with van der Waals surface area (Å²) < 4.78 is 5.22. The molecule has 4 rings (SSSR count). The Balaban J connectivity index is 1.29. The van der Waals surface area contributed by atoms with E-state index in [1.165, 1.54) is 56.2 Å². The van der Waals surface area contributed by atoms with Crippen LogP contribution in [-0.4, -0.2) is 29.5 Å². The van der Waals surface area contributed by atoms with Crippen molar-refractivity contribution in [2.24, 2.45) is 0 Å². The molecule has 138 valence electrons. The molecule has 5 heteroatoms. The number of oxazole rings is 1. The van der Waals surface area contributed by atoms with E-state index in [1.54, 1.807) is 11.3 Å². The summed E-state index contributed by atoms with van der Waals surface area (Å²) in [5.74, 6) is 0.208. The first-order chi connectivity index (χ1) is 12.7. The van der Waals surface area contributed by atoms with Crippen LogP contribution in [0.25, 0.3) is 11.1 Å². The van der Waals surface area contributed by atoms with Crippen LogP contribution in [0.15, 0.2) is 44.2 Å². The van der Waals surface area contributed by atoms with Crippen molar-refractivity contribution in [3.63, 3.8) is 0 Å². The van der Waals surface area contributed by atoms with Gasteiger partial charge in [-0.15, -0.1) is 0 Å². The Hall–Kier alpha value is -1.85. The molecule has 1 N–H and O–H groups in total. The van der Waals surface area contributed by atoms with Gasteiger partial charge in [-0.2, -0.15) is 11.3 Å². The van der Waals surface area contributed by atoms with E-state index in [4.69, 9.17) is 4.42 Å². The minimum atomic E-state index is -0.370. The van der Waals surface area contributed by atoms with Crippen LogP contribution >= 0.6 is 11.3 Å². The van der Waals surface area contributed by atoms with Crippen molar-refractivity contribution in [3.05, 3.63) is 56.7 Å². The largest absolute Gasteiger partial charge is 0.417 e. The number of rotatable bonds is 6. The highest BCUT2D eigenvalue weighted by Crippen LogP contribution is 2.35. The van der Waals surface area contributed by atoms with Crippen LogP contribution in [0.1, 0.15) is 49.1 Å². The van der Waals surface area contributed by atoms with Crippen LogP contribution in [0, 0.1) is 0 Å². The summed E-state index contributed by atoms with van der Waals surface area (Å²) in [5, 5.41) is 4.42. The summed E-state index contributed by atoms with van der Waals surface area (Å²) in [6.45, 7) is 1.17. The average Bonchev–Trinajstić information content (AvgIpc) is 3.29. The molecule has 3 aromatic rings. The summed E-state index contributed by atoms with van der Waals surface area (Å²) in [7, 11) is 2.28. The number of H-pyrrole nitrogens is 1. The molecule has 4 nitrogen and oxygen atoms in total. The molecule has 2 heterocycles. The Bertz CT molecular complexity index is 888. The van der Waals surface area contributed by atoms with Gasteiger partial charge in [-0.05, 0) is 98.1 Å². The van der Waals surface area contributed by atoms with Crippen molar-refractivity contribution in [1.82, 2.24) is 9.88 Å². The van der Waals surface area contributed by atoms with Gasteiger partial charge in [0, 0.05) is 6.04 Å². The first kappa shape index (κ1) is 17.6. The fourth-order valence-electron chi connectivity index (χ4n) is 4.22. The number of nitrogens with zero attached hydrogens (tertiary/aromatic N) is 1. The minimum absolute atomic E-state index is 0.370. The maximum atomic E-state index is 11.3. The van der Waals surface area contributed by atoms with Gasteiger partial charge in [0.15, 0.2) is 5.58 Å². The highest BCUT2D eigenvalue weighted by molar-refractivity contribution is 7.07. The lowest BCUT2D eigenvalue weighted by molar-refractivity contribution is 0.181. The number of benzene rings is 1. The maximum absolute atomic E-state index is 11.3. The minimum Gasteiger partial charge on any atom is -0.408 e. The molecule has 0 bridgehead atoms. The topological polar surface area (TPSA) is 49.2 Å². The van der Waals surface area contributed by atoms with Crippen LogP contribution in [0.5, 0.6) is 0 Å². The van der Waals surface area contributed by atoms with Crippen LogP contribution in [0.2, 0.25) is 0 Å². The van der Waals surface area contributed by atoms with Crippen molar-refractivity contribution in [2.45, 2.75) is 50.5 Å². The number of hydrogen-bond donors (Lipinski definition) is 1. The predicted molar refractivity (Wildman–Crippen MR) is 107 cm³/mol. The number of hydrogen-bond acceptors (Lipinski definition) is 4.